The van der Waals surface area contributed by atoms with Gasteiger partial charge in [-0.25, -0.2) is 4.98 Å². The Kier molecular flexibility index (Phi) is 6.87. The summed E-state index contributed by atoms with van der Waals surface area (Å²) in [5, 5.41) is 0.755. The highest BCUT2D eigenvalue weighted by atomic mass is 79.9. The van der Waals surface area contributed by atoms with E-state index in [1.807, 2.05) is 49.4 Å². The molecule has 1 N–H and O–H groups in total. The lowest BCUT2D eigenvalue weighted by atomic mass is 9.97. The maximum atomic E-state index is 13.0. The fraction of sp³-hybridized carbons (Fsp3) is 0.308. The van der Waals surface area contributed by atoms with Gasteiger partial charge in [-0.05, 0) is 78.4 Å². The predicted molar refractivity (Wildman–Crippen MR) is 139 cm³/mol. The van der Waals surface area contributed by atoms with Crippen LogP contribution in [0.2, 0.25) is 0 Å². The molecule has 176 valence electrons. The second-order valence-corrected chi connectivity index (χ2v) is 9.97. The second-order valence-electron chi connectivity index (χ2n) is 8.03. The molecule has 5 rings (SSSR count). The number of para-hydroxylation sites is 1. The van der Waals surface area contributed by atoms with Crippen LogP contribution in [-0.2, 0) is 12.8 Å². The van der Waals surface area contributed by atoms with Crippen LogP contribution >= 0.6 is 27.3 Å². The molecule has 0 atom stereocenters. The van der Waals surface area contributed by atoms with Gasteiger partial charge in [0.05, 0.1) is 16.5 Å². The van der Waals surface area contributed by atoms with Gasteiger partial charge in [0.15, 0.2) is 11.5 Å². The number of benzene rings is 2. The van der Waals surface area contributed by atoms with E-state index in [9.17, 15) is 4.79 Å². The molecule has 0 radical (unpaired) electrons. The number of aromatic amines is 1. The van der Waals surface area contributed by atoms with E-state index in [0.717, 1.165) is 45.3 Å². The van der Waals surface area contributed by atoms with E-state index in [4.69, 9.17) is 19.2 Å². The predicted octanol–water partition coefficient (Wildman–Crippen LogP) is 6.15. The molecular formula is C26H25BrN2O4S. The van der Waals surface area contributed by atoms with Crippen molar-refractivity contribution >= 4 is 37.5 Å². The molecule has 1 aliphatic carbocycles. The molecule has 0 bridgehead atoms. The van der Waals surface area contributed by atoms with Crippen molar-refractivity contribution in [3.05, 3.63) is 67.7 Å². The monoisotopic (exact) mass is 540 g/mol. The maximum absolute atomic E-state index is 13.0. The fourth-order valence-corrected chi connectivity index (χ4v) is 6.05. The minimum absolute atomic E-state index is 0.0770. The molecule has 0 unspecified atom stereocenters. The standard InChI is InChI=1S/C26H25BrN2O4S/c1-2-31-20-15-16(14-19(27)23(20)33-13-12-32-17-8-4-3-5-9-17)24-28-25(30)22-18-10-6-7-11-21(18)34-26(22)29-24/h3-5,8-9,14-15H,2,6-7,10-13H2,1H3,(H,28,29,30). The zero-order valence-corrected chi connectivity index (χ0v) is 21.3. The fourth-order valence-electron chi connectivity index (χ4n) is 4.23. The summed E-state index contributed by atoms with van der Waals surface area (Å²) in [6.07, 6.45) is 4.29. The number of H-pyrrole nitrogens is 1. The van der Waals surface area contributed by atoms with Crippen LogP contribution in [0.4, 0.5) is 0 Å². The molecule has 1 aliphatic rings. The van der Waals surface area contributed by atoms with Crippen LogP contribution < -0.4 is 19.8 Å². The molecule has 0 saturated heterocycles. The Morgan fingerprint density at radius 3 is 2.68 bits per heavy atom. The van der Waals surface area contributed by atoms with Crippen LogP contribution in [0.15, 0.2) is 51.7 Å². The Morgan fingerprint density at radius 1 is 1.06 bits per heavy atom. The van der Waals surface area contributed by atoms with E-state index < -0.39 is 0 Å². The summed E-state index contributed by atoms with van der Waals surface area (Å²) in [5.74, 6) is 2.50. The van der Waals surface area contributed by atoms with Crippen LogP contribution in [-0.4, -0.2) is 29.8 Å². The lowest BCUT2D eigenvalue weighted by Crippen LogP contribution is -2.12. The van der Waals surface area contributed by atoms with E-state index in [2.05, 4.69) is 20.9 Å². The molecule has 4 aromatic rings. The number of aryl methyl sites for hydroxylation is 2. The Labute approximate surface area is 210 Å². The van der Waals surface area contributed by atoms with Crippen molar-refractivity contribution in [3.8, 4) is 28.6 Å². The average molecular weight is 541 g/mol. The third-order valence-electron chi connectivity index (χ3n) is 5.75. The Morgan fingerprint density at radius 2 is 1.85 bits per heavy atom. The number of hydrogen-bond donors (Lipinski definition) is 1. The maximum Gasteiger partial charge on any atom is 0.260 e. The number of halogens is 1. The van der Waals surface area contributed by atoms with Crippen molar-refractivity contribution in [1.82, 2.24) is 9.97 Å². The Bertz CT molecular complexity index is 1370. The summed E-state index contributed by atoms with van der Waals surface area (Å²) >= 11 is 5.26. The number of aromatic nitrogens is 2. The van der Waals surface area contributed by atoms with E-state index in [1.165, 1.54) is 16.9 Å². The van der Waals surface area contributed by atoms with Crippen molar-refractivity contribution in [3.63, 3.8) is 0 Å². The van der Waals surface area contributed by atoms with Gasteiger partial charge in [-0.15, -0.1) is 11.3 Å². The Hall–Kier alpha value is -2.84. The van der Waals surface area contributed by atoms with Gasteiger partial charge in [0, 0.05) is 10.4 Å². The first-order chi connectivity index (χ1) is 16.6. The average Bonchev–Trinajstić information content (AvgIpc) is 3.23. The second kappa shape index (κ2) is 10.2. The SMILES string of the molecule is CCOc1cc(-c2nc3sc4c(c3c(=O)[nH]2)CCCC4)cc(Br)c1OCCOc1ccccc1. The molecule has 0 amide bonds. The van der Waals surface area contributed by atoms with Gasteiger partial charge in [0.1, 0.15) is 29.6 Å². The molecule has 0 aliphatic heterocycles. The quantitative estimate of drug-likeness (QED) is 0.271. The summed E-state index contributed by atoms with van der Waals surface area (Å²) in [6.45, 7) is 3.16. The first kappa shape index (κ1) is 22.9. The molecule has 0 saturated carbocycles. The summed E-state index contributed by atoms with van der Waals surface area (Å²) in [7, 11) is 0. The van der Waals surface area contributed by atoms with Crippen LogP contribution in [0.25, 0.3) is 21.6 Å². The first-order valence-corrected chi connectivity index (χ1v) is 13.1. The first-order valence-electron chi connectivity index (χ1n) is 11.5. The summed E-state index contributed by atoms with van der Waals surface area (Å²) in [4.78, 5) is 22.9. The number of rotatable bonds is 8. The summed E-state index contributed by atoms with van der Waals surface area (Å²) in [6, 6.07) is 13.4. The highest BCUT2D eigenvalue weighted by molar-refractivity contribution is 9.10. The topological polar surface area (TPSA) is 73.4 Å². The van der Waals surface area contributed by atoms with Gasteiger partial charge < -0.3 is 19.2 Å². The van der Waals surface area contributed by atoms with E-state index in [0.29, 0.717) is 37.1 Å². The minimum atomic E-state index is -0.0770. The van der Waals surface area contributed by atoms with E-state index in [-0.39, 0.29) is 5.56 Å². The lowest BCUT2D eigenvalue weighted by molar-refractivity contribution is 0.207. The molecular weight excluding hydrogens is 516 g/mol. The zero-order valence-electron chi connectivity index (χ0n) is 18.9. The van der Waals surface area contributed by atoms with Crippen molar-refractivity contribution in [1.29, 1.82) is 0 Å². The zero-order chi connectivity index (χ0) is 23.5. The van der Waals surface area contributed by atoms with Gasteiger partial charge in [-0.2, -0.15) is 0 Å². The highest BCUT2D eigenvalue weighted by Gasteiger charge is 2.21. The largest absolute Gasteiger partial charge is 0.490 e. The normalized spacial score (nSPS) is 13.0. The molecule has 6 nitrogen and oxygen atoms in total. The number of nitrogens with one attached hydrogen (secondary N) is 1. The van der Waals surface area contributed by atoms with Gasteiger partial charge in [-0.3, -0.25) is 4.79 Å². The molecule has 0 fully saturated rings. The molecule has 2 aromatic carbocycles. The smallest absolute Gasteiger partial charge is 0.260 e. The van der Waals surface area contributed by atoms with Crippen molar-refractivity contribution in [2.24, 2.45) is 0 Å². The molecule has 2 heterocycles. The van der Waals surface area contributed by atoms with Gasteiger partial charge in [0.25, 0.3) is 5.56 Å². The van der Waals surface area contributed by atoms with Gasteiger partial charge in [-0.1, -0.05) is 18.2 Å². The summed E-state index contributed by atoms with van der Waals surface area (Å²) in [5.41, 5.74) is 1.87. The highest BCUT2D eigenvalue weighted by Crippen LogP contribution is 2.40. The van der Waals surface area contributed by atoms with Crippen LogP contribution in [0.5, 0.6) is 17.2 Å². The molecule has 2 aromatic heterocycles. The van der Waals surface area contributed by atoms with Gasteiger partial charge >= 0.3 is 0 Å². The van der Waals surface area contributed by atoms with Gasteiger partial charge in [0.2, 0.25) is 0 Å². The molecule has 34 heavy (non-hydrogen) atoms. The molecule has 8 heteroatoms. The third kappa shape index (κ3) is 4.70. The molecule has 0 spiro atoms. The minimum Gasteiger partial charge on any atom is -0.490 e. The van der Waals surface area contributed by atoms with Crippen LogP contribution in [0, 0.1) is 0 Å². The lowest BCUT2D eigenvalue weighted by Gasteiger charge is -2.15. The van der Waals surface area contributed by atoms with Crippen molar-refractivity contribution < 1.29 is 14.2 Å². The van der Waals surface area contributed by atoms with Crippen molar-refractivity contribution in [2.45, 2.75) is 32.6 Å². The van der Waals surface area contributed by atoms with Crippen molar-refractivity contribution in [2.75, 3.05) is 19.8 Å². The number of thiophene rings is 1. The number of fused-ring (bicyclic) bond motifs is 3. The number of ether oxygens (including phenoxy) is 3. The summed E-state index contributed by atoms with van der Waals surface area (Å²) < 4.78 is 18.3. The van der Waals surface area contributed by atoms with Crippen LogP contribution in [0.3, 0.4) is 0 Å². The Balaban J connectivity index is 1.41. The van der Waals surface area contributed by atoms with E-state index in [1.54, 1.807) is 11.3 Å². The van der Waals surface area contributed by atoms with E-state index >= 15 is 0 Å². The van der Waals surface area contributed by atoms with Crippen LogP contribution in [0.1, 0.15) is 30.2 Å². The number of hydrogen-bond acceptors (Lipinski definition) is 6. The third-order valence-corrected chi connectivity index (χ3v) is 7.52. The number of nitrogens with zero attached hydrogens (tertiary/aromatic N) is 1.